The smallest absolute Gasteiger partial charge is 0.207 e. The minimum Gasteiger partial charge on any atom is -0.294 e. The molecule has 2 aromatic rings. The molecule has 86 valence electrons. The predicted octanol–water partition coefficient (Wildman–Crippen LogP) is 2.59. The molecule has 0 radical (unpaired) electrons. The van der Waals surface area contributed by atoms with E-state index in [1.54, 1.807) is 11.3 Å². The summed E-state index contributed by atoms with van der Waals surface area (Å²) in [5.41, 5.74) is 2.98. The van der Waals surface area contributed by atoms with Crippen LogP contribution in [0.25, 0.3) is 0 Å². The van der Waals surface area contributed by atoms with E-state index >= 15 is 0 Å². The van der Waals surface area contributed by atoms with E-state index in [0.29, 0.717) is 4.47 Å². The van der Waals surface area contributed by atoms with Crippen LogP contribution in [-0.2, 0) is 13.1 Å². The molecule has 0 aromatic carbocycles. The van der Waals surface area contributed by atoms with Crippen molar-refractivity contribution in [2.24, 2.45) is 0 Å². The highest BCUT2D eigenvalue weighted by atomic mass is 35.5. The molecule has 0 bridgehead atoms. The lowest BCUT2D eigenvalue weighted by atomic mass is 10.4. The Labute approximate surface area is 107 Å². The maximum absolute atomic E-state index is 5.73. The average molecular weight is 275 g/mol. The summed E-state index contributed by atoms with van der Waals surface area (Å²) in [5.74, 6) is 0. The molecular weight excluding hydrogens is 264 g/mol. The fraction of sp³-hybridized carbons (Fsp3) is 0.444. The Morgan fingerprint density at radius 1 is 1.38 bits per heavy atom. The molecule has 0 aliphatic heterocycles. The molecule has 0 fully saturated rings. The summed E-state index contributed by atoms with van der Waals surface area (Å²) in [7, 11) is 2.05. The summed E-state index contributed by atoms with van der Waals surface area (Å²) in [6.45, 7) is 3.68. The Morgan fingerprint density at radius 2 is 2.19 bits per heavy atom. The van der Waals surface area contributed by atoms with Crippen LogP contribution in [0.1, 0.15) is 15.6 Å². The minimum atomic E-state index is 0.498. The van der Waals surface area contributed by atoms with Crippen LogP contribution in [0.2, 0.25) is 4.47 Å². The van der Waals surface area contributed by atoms with Crippen molar-refractivity contribution in [1.82, 2.24) is 20.1 Å². The van der Waals surface area contributed by atoms with Gasteiger partial charge in [-0.2, -0.15) is 0 Å². The quantitative estimate of drug-likeness (QED) is 0.859. The fourth-order valence-electron chi connectivity index (χ4n) is 1.31. The van der Waals surface area contributed by atoms with Gasteiger partial charge >= 0.3 is 0 Å². The zero-order chi connectivity index (χ0) is 11.5. The molecule has 0 saturated carbocycles. The van der Waals surface area contributed by atoms with Gasteiger partial charge in [-0.05, 0) is 25.6 Å². The Bertz CT molecular complexity index is 468. The summed E-state index contributed by atoms with van der Waals surface area (Å²) in [4.78, 5) is 7.69. The molecule has 0 saturated heterocycles. The van der Waals surface area contributed by atoms with Gasteiger partial charge in [0, 0.05) is 11.4 Å². The second-order valence-corrected chi connectivity index (χ2v) is 6.07. The Balaban J connectivity index is 1.94. The van der Waals surface area contributed by atoms with Gasteiger partial charge in [-0.1, -0.05) is 11.3 Å². The minimum absolute atomic E-state index is 0.498. The number of hydrogen-bond acceptors (Lipinski definition) is 6. The van der Waals surface area contributed by atoms with Gasteiger partial charge in [0.25, 0.3) is 0 Å². The molecule has 4 nitrogen and oxygen atoms in total. The van der Waals surface area contributed by atoms with E-state index < -0.39 is 0 Å². The number of rotatable bonds is 4. The number of thiazole rings is 1. The summed E-state index contributed by atoms with van der Waals surface area (Å²) in [6, 6.07) is 0. The lowest BCUT2D eigenvalue weighted by Gasteiger charge is -2.13. The first kappa shape index (κ1) is 11.9. The van der Waals surface area contributed by atoms with Crippen molar-refractivity contribution in [3.05, 3.63) is 25.6 Å². The van der Waals surface area contributed by atoms with Crippen molar-refractivity contribution in [3.8, 4) is 0 Å². The molecular formula is C9H11ClN4S2. The van der Waals surface area contributed by atoms with E-state index in [2.05, 4.69) is 27.1 Å². The Kier molecular flexibility index (Phi) is 3.86. The second kappa shape index (κ2) is 5.18. The summed E-state index contributed by atoms with van der Waals surface area (Å²) in [5, 5.41) is 8.71. The molecule has 0 aliphatic carbocycles. The number of aromatic nitrogens is 3. The summed E-state index contributed by atoms with van der Waals surface area (Å²) in [6.07, 6.45) is 0. The standard InChI is InChI=1S/C9H11ClN4S2/c1-6-7(15-5-11-6)3-14(2)4-8-12-13-9(10)16-8/h5H,3-4H2,1-2H3. The fourth-order valence-corrected chi connectivity index (χ4v) is 3.11. The van der Waals surface area contributed by atoms with Crippen LogP contribution in [0.3, 0.4) is 0 Å². The van der Waals surface area contributed by atoms with E-state index in [1.165, 1.54) is 16.2 Å². The van der Waals surface area contributed by atoms with Crippen molar-refractivity contribution in [2.75, 3.05) is 7.05 Å². The largest absolute Gasteiger partial charge is 0.294 e. The van der Waals surface area contributed by atoms with Gasteiger partial charge in [-0.3, -0.25) is 4.90 Å². The molecule has 0 aliphatic rings. The van der Waals surface area contributed by atoms with E-state index in [0.717, 1.165) is 23.8 Å². The highest BCUT2D eigenvalue weighted by Gasteiger charge is 2.09. The predicted molar refractivity (Wildman–Crippen MR) is 66.9 cm³/mol. The van der Waals surface area contributed by atoms with Crippen LogP contribution in [0.15, 0.2) is 5.51 Å². The highest BCUT2D eigenvalue weighted by Crippen LogP contribution is 2.18. The summed E-state index contributed by atoms with van der Waals surface area (Å²) >= 11 is 8.83. The van der Waals surface area contributed by atoms with Gasteiger partial charge in [0.1, 0.15) is 5.01 Å². The van der Waals surface area contributed by atoms with Crippen molar-refractivity contribution in [2.45, 2.75) is 20.0 Å². The number of nitrogens with zero attached hydrogens (tertiary/aromatic N) is 4. The van der Waals surface area contributed by atoms with Gasteiger partial charge in [0.05, 0.1) is 17.7 Å². The first-order valence-corrected chi connectivity index (χ1v) is 6.78. The van der Waals surface area contributed by atoms with Crippen LogP contribution in [0, 0.1) is 6.92 Å². The second-order valence-electron chi connectivity index (χ2n) is 3.48. The first-order chi connectivity index (χ1) is 7.65. The molecule has 2 rings (SSSR count). The highest BCUT2D eigenvalue weighted by molar-refractivity contribution is 7.15. The van der Waals surface area contributed by atoms with Gasteiger partial charge < -0.3 is 0 Å². The number of halogens is 1. The molecule has 16 heavy (non-hydrogen) atoms. The van der Waals surface area contributed by atoms with E-state index in [4.69, 9.17) is 11.6 Å². The third kappa shape index (κ3) is 2.98. The van der Waals surface area contributed by atoms with Crippen molar-refractivity contribution >= 4 is 34.3 Å². The number of hydrogen-bond donors (Lipinski definition) is 0. The first-order valence-electron chi connectivity index (χ1n) is 4.70. The van der Waals surface area contributed by atoms with Crippen molar-refractivity contribution < 1.29 is 0 Å². The topological polar surface area (TPSA) is 41.9 Å². The molecule has 7 heteroatoms. The third-order valence-corrected chi connectivity index (χ3v) is 4.03. The zero-order valence-electron chi connectivity index (χ0n) is 8.97. The van der Waals surface area contributed by atoms with Gasteiger partial charge in [0.2, 0.25) is 4.47 Å². The third-order valence-electron chi connectivity index (χ3n) is 2.11. The number of aryl methyl sites for hydroxylation is 1. The van der Waals surface area contributed by atoms with Crippen LogP contribution in [0.4, 0.5) is 0 Å². The van der Waals surface area contributed by atoms with Gasteiger partial charge in [0.15, 0.2) is 0 Å². The van der Waals surface area contributed by atoms with E-state index in [-0.39, 0.29) is 0 Å². The lowest BCUT2D eigenvalue weighted by molar-refractivity contribution is 0.319. The monoisotopic (exact) mass is 274 g/mol. The van der Waals surface area contributed by atoms with E-state index in [1.807, 2.05) is 12.4 Å². The van der Waals surface area contributed by atoms with Crippen molar-refractivity contribution in [3.63, 3.8) is 0 Å². The molecule has 2 aromatic heterocycles. The SMILES string of the molecule is Cc1ncsc1CN(C)Cc1nnc(Cl)s1. The molecule has 0 atom stereocenters. The van der Waals surface area contributed by atoms with Gasteiger partial charge in [-0.15, -0.1) is 21.5 Å². The lowest BCUT2D eigenvalue weighted by Crippen LogP contribution is -2.16. The molecule has 2 heterocycles. The van der Waals surface area contributed by atoms with Crippen molar-refractivity contribution in [1.29, 1.82) is 0 Å². The molecule has 0 unspecified atom stereocenters. The van der Waals surface area contributed by atoms with Crippen LogP contribution < -0.4 is 0 Å². The maximum Gasteiger partial charge on any atom is 0.207 e. The molecule has 0 N–H and O–H groups in total. The average Bonchev–Trinajstić information content (AvgIpc) is 2.77. The van der Waals surface area contributed by atoms with Crippen LogP contribution in [-0.4, -0.2) is 27.1 Å². The normalized spacial score (nSPS) is 11.2. The Morgan fingerprint density at radius 3 is 2.75 bits per heavy atom. The summed E-state index contributed by atoms with van der Waals surface area (Å²) < 4.78 is 0.498. The Hall–Kier alpha value is -0.560. The molecule has 0 spiro atoms. The van der Waals surface area contributed by atoms with Crippen LogP contribution in [0.5, 0.6) is 0 Å². The van der Waals surface area contributed by atoms with E-state index in [9.17, 15) is 0 Å². The maximum atomic E-state index is 5.73. The van der Waals surface area contributed by atoms with Crippen LogP contribution >= 0.6 is 34.3 Å². The molecule has 0 amide bonds. The zero-order valence-corrected chi connectivity index (χ0v) is 11.4. The van der Waals surface area contributed by atoms with Gasteiger partial charge in [-0.25, -0.2) is 4.98 Å².